The second kappa shape index (κ2) is 9.41. The summed E-state index contributed by atoms with van der Waals surface area (Å²) in [6.45, 7) is 4.76. The van der Waals surface area contributed by atoms with Gasteiger partial charge < -0.3 is 26.6 Å². The van der Waals surface area contributed by atoms with Crippen LogP contribution in [-0.4, -0.2) is 47.9 Å². The standard InChI is InChI=1S/C25H30N6OS/c26-18-5-3-4-17(16-18)22(32)23-24(27)29-25(33-23)28-19-6-8-20(9-7-19)31-14-10-21(11-15-31)30-12-1-2-13-30/h3-9,16,21H,1-2,10-15,26-27H2,(H,28,29). The zero-order valence-corrected chi connectivity index (χ0v) is 19.5. The summed E-state index contributed by atoms with van der Waals surface area (Å²) in [5, 5.41) is 3.88. The minimum atomic E-state index is -0.168. The molecule has 33 heavy (non-hydrogen) atoms. The summed E-state index contributed by atoms with van der Waals surface area (Å²) >= 11 is 1.25. The van der Waals surface area contributed by atoms with Gasteiger partial charge in [-0.1, -0.05) is 23.5 Å². The number of ketones is 1. The molecule has 0 radical (unpaired) electrons. The van der Waals surface area contributed by atoms with Crippen LogP contribution in [0.1, 0.15) is 40.9 Å². The summed E-state index contributed by atoms with van der Waals surface area (Å²) in [5.74, 6) is 0.0606. The SMILES string of the molecule is Nc1cccc(C(=O)c2sc(Nc3ccc(N4CCC(N5CCCC5)CC4)cc3)nc2N)c1. The Morgan fingerprint density at radius 3 is 2.42 bits per heavy atom. The molecular formula is C25H30N6OS. The van der Waals surface area contributed by atoms with E-state index in [1.54, 1.807) is 24.3 Å². The number of nitrogen functional groups attached to an aromatic ring is 2. The van der Waals surface area contributed by atoms with Gasteiger partial charge in [0.1, 0.15) is 10.7 Å². The molecule has 2 aromatic carbocycles. The molecule has 3 heterocycles. The Hall–Kier alpha value is -3.10. The Balaban J connectivity index is 1.21. The Morgan fingerprint density at radius 2 is 1.73 bits per heavy atom. The van der Waals surface area contributed by atoms with Gasteiger partial charge in [0.15, 0.2) is 5.13 Å². The fourth-order valence-electron chi connectivity index (χ4n) is 4.83. The largest absolute Gasteiger partial charge is 0.399 e. The predicted molar refractivity (Wildman–Crippen MR) is 137 cm³/mol. The van der Waals surface area contributed by atoms with Crippen molar-refractivity contribution in [2.75, 3.05) is 47.9 Å². The van der Waals surface area contributed by atoms with Crippen molar-refractivity contribution < 1.29 is 4.79 Å². The Bertz CT molecular complexity index is 1110. The third-order valence-electron chi connectivity index (χ3n) is 6.61. The third-order valence-corrected chi connectivity index (χ3v) is 7.60. The van der Waals surface area contributed by atoms with Gasteiger partial charge in [0, 0.05) is 41.8 Å². The molecule has 0 amide bonds. The van der Waals surface area contributed by atoms with Crippen LogP contribution >= 0.6 is 11.3 Å². The Kier molecular flexibility index (Phi) is 6.20. The summed E-state index contributed by atoms with van der Waals surface area (Å²) in [6.07, 6.45) is 5.19. The number of carbonyl (C=O) groups is 1. The molecule has 7 nitrogen and oxygen atoms in total. The van der Waals surface area contributed by atoms with Crippen molar-refractivity contribution in [3.05, 3.63) is 59.0 Å². The highest BCUT2D eigenvalue weighted by molar-refractivity contribution is 7.18. The number of nitrogens with zero attached hydrogens (tertiary/aromatic N) is 3. The number of thiazole rings is 1. The maximum Gasteiger partial charge on any atom is 0.206 e. The van der Waals surface area contributed by atoms with Crippen molar-refractivity contribution in [1.82, 2.24) is 9.88 Å². The van der Waals surface area contributed by atoms with Crippen LogP contribution in [0.15, 0.2) is 48.5 Å². The molecule has 2 fully saturated rings. The van der Waals surface area contributed by atoms with Gasteiger partial charge in [-0.25, -0.2) is 4.98 Å². The number of aromatic nitrogens is 1. The molecule has 0 aliphatic carbocycles. The number of likely N-dealkylation sites (tertiary alicyclic amines) is 1. The van der Waals surface area contributed by atoms with Crippen LogP contribution in [0.25, 0.3) is 0 Å². The average molecular weight is 463 g/mol. The van der Waals surface area contributed by atoms with Gasteiger partial charge in [-0.05, 0) is 75.2 Å². The number of anilines is 5. The lowest BCUT2D eigenvalue weighted by Gasteiger charge is -2.37. The average Bonchev–Trinajstić information content (AvgIpc) is 3.49. The predicted octanol–water partition coefficient (Wildman–Crippen LogP) is 4.35. The van der Waals surface area contributed by atoms with Crippen molar-refractivity contribution in [2.24, 2.45) is 0 Å². The van der Waals surface area contributed by atoms with Crippen LogP contribution in [0.5, 0.6) is 0 Å². The lowest BCUT2D eigenvalue weighted by Crippen LogP contribution is -2.43. The zero-order chi connectivity index (χ0) is 22.8. The fraction of sp³-hybridized carbons (Fsp3) is 0.360. The molecule has 0 unspecified atom stereocenters. The third kappa shape index (κ3) is 4.82. The van der Waals surface area contributed by atoms with E-state index in [2.05, 4.69) is 44.4 Å². The van der Waals surface area contributed by atoms with E-state index in [0.717, 1.165) is 24.8 Å². The highest BCUT2D eigenvalue weighted by Gasteiger charge is 2.26. The molecular weight excluding hydrogens is 432 g/mol. The first kappa shape index (κ1) is 21.7. The van der Waals surface area contributed by atoms with Crippen molar-refractivity contribution in [2.45, 2.75) is 31.7 Å². The van der Waals surface area contributed by atoms with Crippen LogP contribution in [0.4, 0.5) is 28.0 Å². The highest BCUT2D eigenvalue weighted by atomic mass is 32.1. The lowest BCUT2D eigenvalue weighted by atomic mass is 10.0. The Morgan fingerprint density at radius 1 is 1.00 bits per heavy atom. The van der Waals surface area contributed by atoms with Crippen LogP contribution in [-0.2, 0) is 0 Å². The van der Waals surface area contributed by atoms with Gasteiger partial charge in [-0.15, -0.1) is 0 Å². The van der Waals surface area contributed by atoms with Gasteiger partial charge in [0.2, 0.25) is 5.78 Å². The van der Waals surface area contributed by atoms with Gasteiger partial charge in [-0.3, -0.25) is 4.79 Å². The van der Waals surface area contributed by atoms with E-state index in [9.17, 15) is 4.79 Å². The number of carbonyl (C=O) groups excluding carboxylic acids is 1. The quantitative estimate of drug-likeness (QED) is 0.370. The van der Waals surface area contributed by atoms with Crippen LogP contribution in [0.2, 0.25) is 0 Å². The minimum Gasteiger partial charge on any atom is -0.399 e. The molecule has 2 aliphatic heterocycles. The number of hydrogen-bond acceptors (Lipinski definition) is 8. The molecule has 5 N–H and O–H groups in total. The first-order valence-corrected chi connectivity index (χ1v) is 12.4. The van der Waals surface area contributed by atoms with E-state index < -0.39 is 0 Å². The second-order valence-corrected chi connectivity index (χ2v) is 9.82. The normalized spacial score (nSPS) is 17.4. The molecule has 5 rings (SSSR count). The molecule has 0 atom stereocenters. The first-order valence-electron chi connectivity index (χ1n) is 11.6. The van der Waals surface area contributed by atoms with Crippen molar-refractivity contribution in [3.63, 3.8) is 0 Å². The summed E-state index contributed by atoms with van der Waals surface area (Å²) in [5.41, 5.74) is 15.1. The first-order chi connectivity index (χ1) is 16.1. The van der Waals surface area contributed by atoms with Gasteiger partial charge >= 0.3 is 0 Å². The van der Waals surface area contributed by atoms with Crippen LogP contribution in [0.3, 0.4) is 0 Å². The smallest absolute Gasteiger partial charge is 0.206 e. The fourth-order valence-corrected chi connectivity index (χ4v) is 5.70. The Labute approximate surface area is 198 Å². The monoisotopic (exact) mass is 462 g/mol. The van der Waals surface area contributed by atoms with Gasteiger partial charge in [0.25, 0.3) is 0 Å². The molecule has 8 heteroatoms. The van der Waals surface area contributed by atoms with Crippen molar-refractivity contribution in [3.8, 4) is 0 Å². The van der Waals surface area contributed by atoms with E-state index in [1.165, 1.54) is 55.8 Å². The summed E-state index contributed by atoms with van der Waals surface area (Å²) in [6, 6.07) is 16.1. The number of benzene rings is 2. The molecule has 2 saturated heterocycles. The summed E-state index contributed by atoms with van der Waals surface area (Å²) in [4.78, 5) is 22.7. The molecule has 0 spiro atoms. The number of hydrogen-bond donors (Lipinski definition) is 3. The van der Waals surface area contributed by atoms with Crippen molar-refractivity contribution >= 4 is 45.1 Å². The van der Waals surface area contributed by atoms with E-state index in [4.69, 9.17) is 11.5 Å². The lowest BCUT2D eigenvalue weighted by molar-refractivity contribution is 0.104. The minimum absolute atomic E-state index is 0.168. The maximum absolute atomic E-state index is 12.8. The van der Waals surface area contributed by atoms with E-state index in [0.29, 0.717) is 21.3 Å². The molecule has 3 aromatic rings. The van der Waals surface area contributed by atoms with Crippen molar-refractivity contribution in [1.29, 1.82) is 0 Å². The topological polar surface area (TPSA) is 101 Å². The molecule has 2 aliphatic rings. The van der Waals surface area contributed by atoms with Gasteiger partial charge in [-0.2, -0.15) is 0 Å². The number of rotatable bonds is 6. The molecule has 0 bridgehead atoms. The number of nitrogens with one attached hydrogen (secondary N) is 1. The highest BCUT2D eigenvalue weighted by Crippen LogP contribution is 2.31. The summed E-state index contributed by atoms with van der Waals surface area (Å²) < 4.78 is 0. The zero-order valence-electron chi connectivity index (χ0n) is 18.7. The second-order valence-electron chi connectivity index (χ2n) is 8.82. The number of nitrogens with two attached hydrogens (primary N) is 2. The van der Waals surface area contributed by atoms with Crippen LogP contribution < -0.4 is 21.7 Å². The maximum atomic E-state index is 12.8. The summed E-state index contributed by atoms with van der Waals surface area (Å²) in [7, 11) is 0. The van der Waals surface area contributed by atoms with Gasteiger partial charge in [0.05, 0.1) is 0 Å². The van der Waals surface area contributed by atoms with E-state index in [1.807, 2.05) is 0 Å². The van der Waals surface area contributed by atoms with E-state index in [-0.39, 0.29) is 11.6 Å². The number of piperidine rings is 1. The molecule has 1 aromatic heterocycles. The molecule has 172 valence electrons. The van der Waals surface area contributed by atoms with Crippen LogP contribution in [0, 0.1) is 0 Å². The molecule has 0 saturated carbocycles. The van der Waals surface area contributed by atoms with E-state index >= 15 is 0 Å².